The number of carbonyl (C=O) groups is 1. The molecule has 1 saturated heterocycles. The molecule has 2 rings (SSSR count). The molecule has 1 fully saturated rings. The Morgan fingerprint density at radius 2 is 1.95 bits per heavy atom. The van der Waals surface area contributed by atoms with Crippen LogP contribution in [-0.2, 0) is 6.18 Å². The first-order valence-corrected chi connectivity index (χ1v) is 6.34. The zero-order valence-corrected chi connectivity index (χ0v) is 10.8. The van der Waals surface area contributed by atoms with E-state index in [-0.39, 0.29) is 6.04 Å². The summed E-state index contributed by atoms with van der Waals surface area (Å²) >= 11 is 0. The molecule has 1 aliphatic rings. The summed E-state index contributed by atoms with van der Waals surface area (Å²) in [5.41, 5.74) is 4.95. The molecule has 1 aromatic carbocycles. The summed E-state index contributed by atoms with van der Waals surface area (Å²) in [7, 11) is 0. The molecule has 1 heterocycles. The van der Waals surface area contributed by atoms with Crippen molar-refractivity contribution < 1.29 is 18.0 Å². The van der Waals surface area contributed by atoms with Crippen molar-refractivity contribution in [3.63, 3.8) is 0 Å². The number of primary amides is 1. The Labute approximate surface area is 114 Å². The number of amides is 2. The van der Waals surface area contributed by atoms with Gasteiger partial charge in [0.2, 0.25) is 0 Å². The predicted octanol–water partition coefficient (Wildman–Crippen LogP) is 2.66. The van der Waals surface area contributed by atoms with Gasteiger partial charge in [-0.25, -0.2) is 4.79 Å². The Morgan fingerprint density at radius 3 is 2.50 bits per heavy atom. The average Bonchev–Trinajstić information content (AvgIpc) is 2.38. The lowest BCUT2D eigenvalue weighted by molar-refractivity contribution is -0.137. The molecule has 0 atom stereocenters. The van der Waals surface area contributed by atoms with Crippen LogP contribution in [0, 0.1) is 0 Å². The number of halogens is 3. The first-order chi connectivity index (χ1) is 9.36. The Bertz CT molecular complexity index is 482. The smallest absolute Gasteiger partial charge is 0.382 e. The zero-order valence-electron chi connectivity index (χ0n) is 10.8. The van der Waals surface area contributed by atoms with E-state index in [4.69, 9.17) is 5.73 Å². The van der Waals surface area contributed by atoms with E-state index in [1.165, 1.54) is 11.0 Å². The lowest BCUT2D eigenvalue weighted by Crippen LogP contribution is -2.44. The van der Waals surface area contributed by atoms with E-state index in [1.54, 1.807) is 6.07 Å². The molecule has 0 aliphatic carbocycles. The van der Waals surface area contributed by atoms with Gasteiger partial charge in [0.25, 0.3) is 0 Å². The topological polar surface area (TPSA) is 58.4 Å². The summed E-state index contributed by atoms with van der Waals surface area (Å²) in [6.07, 6.45) is -3.01. The Hall–Kier alpha value is -1.92. The summed E-state index contributed by atoms with van der Waals surface area (Å²) < 4.78 is 37.8. The molecular formula is C13H16F3N3O. The second-order valence-electron chi connectivity index (χ2n) is 4.82. The van der Waals surface area contributed by atoms with Crippen LogP contribution in [-0.4, -0.2) is 30.1 Å². The third-order valence-corrected chi connectivity index (χ3v) is 3.37. The van der Waals surface area contributed by atoms with Crippen LogP contribution in [0.1, 0.15) is 18.4 Å². The third kappa shape index (κ3) is 3.55. The van der Waals surface area contributed by atoms with Gasteiger partial charge in [-0.2, -0.15) is 13.2 Å². The van der Waals surface area contributed by atoms with Gasteiger partial charge >= 0.3 is 12.2 Å². The van der Waals surface area contributed by atoms with E-state index in [0.29, 0.717) is 31.6 Å². The molecule has 0 spiro atoms. The fourth-order valence-electron chi connectivity index (χ4n) is 2.27. The van der Waals surface area contributed by atoms with Crippen molar-refractivity contribution in [2.75, 3.05) is 18.4 Å². The molecule has 0 radical (unpaired) electrons. The summed E-state index contributed by atoms with van der Waals surface area (Å²) in [5, 5.41) is 3.07. The quantitative estimate of drug-likeness (QED) is 0.878. The monoisotopic (exact) mass is 287 g/mol. The molecule has 3 N–H and O–H groups in total. The highest BCUT2D eigenvalue weighted by atomic mass is 19.4. The number of likely N-dealkylation sites (tertiary alicyclic amines) is 1. The van der Waals surface area contributed by atoms with Gasteiger partial charge in [-0.05, 0) is 31.0 Å². The maximum Gasteiger partial charge on any atom is 0.416 e. The highest BCUT2D eigenvalue weighted by molar-refractivity contribution is 5.72. The van der Waals surface area contributed by atoms with E-state index in [2.05, 4.69) is 5.32 Å². The molecule has 0 unspecified atom stereocenters. The number of anilines is 1. The number of piperidine rings is 1. The molecule has 4 nitrogen and oxygen atoms in total. The molecule has 0 aromatic heterocycles. The van der Waals surface area contributed by atoms with E-state index >= 15 is 0 Å². The highest BCUT2D eigenvalue weighted by Gasteiger charge is 2.30. The number of hydrogen-bond acceptors (Lipinski definition) is 2. The third-order valence-electron chi connectivity index (χ3n) is 3.37. The van der Waals surface area contributed by atoms with Crippen LogP contribution in [0.15, 0.2) is 24.3 Å². The minimum Gasteiger partial charge on any atom is -0.382 e. The van der Waals surface area contributed by atoms with Crippen LogP contribution in [0.2, 0.25) is 0 Å². The summed E-state index contributed by atoms with van der Waals surface area (Å²) in [6, 6.07) is 4.72. The van der Waals surface area contributed by atoms with E-state index in [0.717, 1.165) is 12.1 Å². The predicted molar refractivity (Wildman–Crippen MR) is 69.2 cm³/mol. The highest BCUT2D eigenvalue weighted by Crippen LogP contribution is 2.31. The number of rotatable bonds is 2. The zero-order chi connectivity index (χ0) is 14.8. The Morgan fingerprint density at radius 1 is 1.30 bits per heavy atom. The van der Waals surface area contributed by atoms with Gasteiger partial charge in [0, 0.05) is 24.8 Å². The van der Waals surface area contributed by atoms with Crippen LogP contribution in [0.5, 0.6) is 0 Å². The SMILES string of the molecule is NC(=O)N1CCC(Nc2cccc(C(F)(F)F)c2)CC1. The first kappa shape index (κ1) is 14.5. The van der Waals surface area contributed by atoms with Gasteiger partial charge in [-0.3, -0.25) is 0 Å². The van der Waals surface area contributed by atoms with E-state index < -0.39 is 17.8 Å². The molecule has 1 aliphatic heterocycles. The van der Waals surface area contributed by atoms with Crippen molar-refractivity contribution in [1.82, 2.24) is 4.90 Å². The summed E-state index contributed by atoms with van der Waals surface area (Å²) in [5.74, 6) is 0. The number of urea groups is 1. The minimum atomic E-state index is -4.34. The van der Waals surface area contributed by atoms with Gasteiger partial charge in [-0.1, -0.05) is 6.07 Å². The van der Waals surface area contributed by atoms with Crippen LogP contribution >= 0.6 is 0 Å². The minimum absolute atomic E-state index is 0.0501. The first-order valence-electron chi connectivity index (χ1n) is 6.34. The van der Waals surface area contributed by atoms with Crippen molar-refractivity contribution in [1.29, 1.82) is 0 Å². The van der Waals surface area contributed by atoms with Crippen LogP contribution in [0.25, 0.3) is 0 Å². The van der Waals surface area contributed by atoms with Crippen molar-refractivity contribution in [3.05, 3.63) is 29.8 Å². The Kier molecular flexibility index (Phi) is 4.06. The largest absolute Gasteiger partial charge is 0.416 e. The second kappa shape index (κ2) is 5.60. The number of carbonyl (C=O) groups excluding carboxylic acids is 1. The lowest BCUT2D eigenvalue weighted by atomic mass is 10.0. The van der Waals surface area contributed by atoms with Gasteiger partial charge in [0.05, 0.1) is 5.56 Å². The maximum absolute atomic E-state index is 12.6. The molecular weight excluding hydrogens is 271 g/mol. The summed E-state index contributed by atoms with van der Waals surface area (Å²) in [6.45, 7) is 1.04. The number of nitrogens with zero attached hydrogens (tertiary/aromatic N) is 1. The number of nitrogens with one attached hydrogen (secondary N) is 1. The van der Waals surface area contributed by atoms with Crippen LogP contribution in [0.3, 0.4) is 0 Å². The van der Waals surface area contributed by atoms with E-state index in [1.807, 2.05) is 0 Å². The normalized spacial score (nSPS) is 17.1. The molecule has 7 heteroatoms. The van der Waals surface area contributed by atoms with Crippen molar-refractivity contribution in [3.8, 4) is 0 Å². The van der Waals surface area contributed by atoms with Crippen molar-refractivity contribution in [2.45, 2.75) is 25.1 Å². The van der Waals surface area contributed by atoms with Gasteiger partial charge in [-0.15, -0.1) is 0 Å². The molecule has 110 valence electrons. The van der Waals surface area contributed by atoms with Gasteiger partial charge in [0.15, 0.2) is 0 Å². The number of hydrogen-bond donors (Lipinski definition) is 2. The Balaban J connectivity index is 1.96. The standard InChI is InChI=1S/C13H16F3N3O/c14-13(15,16)9-2-1-3-11(8-9)18-10-4-6-19(7-5-10)12(17)20/h1-3,8,10,18H,4-7H2,(H2,17,20). The molecule has 2 amide bonds. The fourth-order valence-corrected chi connectivity index (χ4v) is 2.27. The van der Waals surface area contributed by atoms with Gasteiger partial charge in [0.1, 0.15) is 0 Å². The van der Waals surface area contributed by atoms with Crippen molar-refractivity contribution >= 4 is 11.7 Å². The average molecular weight is 287 g/mol. The van der Waals surface area contributed by atoms with Gasteiger partial charge < -0.3 is 16.0 Å². The fraction of sp³-hybridized carbons (Fsp3) is 0.462. The number of alkyl halides is 3. The lowest BCUT2D eigenvalue weighted by Gasteiger charge is -2.31. The van der Waals surface area contributed by atoms with Crippen molar-refractivity contribution in [2.24, 2.45) is 5.73 Å². The molecule has 0 saturated carbocycles. The molecule has 20 heavy (non-hydrogen) atoms. The number of benzene rings is 1. The van der Waals surface area contributed by atoms with Crippen LogP contribution in [0.4, 0.5) is 23.7 Å². The number of nitrogens with two attached hydrogens (primary N) is 1. The summed E-state index contributed by atoms with van der Waals surface area (Å²) in [4.78, 5) is 12.5. The maximum atomic E-state index is 12.6. The second-order valence-corrected chi connectivity index (χ2v) is 4.82. The van der Waals surface area contributed by atoms with E-state index in [9.17, 15) is 18.0 Å². The molecule has 1 aromatic rings. The van der Waals surface area contributed by atoms with Crippen LogP contribution < -0.4 is 11.1 Å². The molecule has 0 bridgehead atoms.